The van der Waals surface area contributed by atoms with Crippen LogP contribution in [0, 0.1) is 0 Å². The molecule has 5 N–H and O–H groups in total. The molecule has 2 fully saturated rings. The maximum Gasteiger partial charge on any atom is 0.246 e. The Hall–Kier alpha value is -0.570. The molecule has 6 nitrogen and oxygen atoms in total. The number of aliphatic imine (C=N–C) groups is 1. The van der Waals surface area contributed by atoms with Crippen LogP contribution < -0.4 is 16.8 Å². The lowest BCUT2D eigenvalue weighted by Gasteiger charge is -2.23. The summed E-state index contributed by atoms with van der Waals surface area (Å²) in [5.74, 6) is 0.0952. The highest BCUT2D eigenvalue weighted by Crippen LogP contribution is 2.20. The summed E-state index contributed by atoms with van der Waals surface area (Å²) in [6.45, 7) is 0.495. The molecule has 1 aliphatic heterocycles. The largest absolute Gasteiger partial charge is 0.370 e. The van der Waals surface area contributed by atoms with Crippen LogP contribution in [-0.2, 0) is 9.53 Å². The Morgan fingerprint density at radius 2 is 1.85 bits per heavy atom. The van der Waals surface area contributed by atoms with Gasteiger partial charge in [-0.05, 0) is 25.7 Å². The summed E-state index contributed by atoms with van der Waals surface area (Å²) in [5, 5.41) is 3.26. The van der Waals surface area contributed by atoms with Gasteiger partial charge >= 0.3 is 0 Å². The number of guanidine groups is 1. The molecular weight excluding hydrogens is 371 g/mol. The Labute approximate surface area is 137 Å². The van der Waals surface area contributed by atoms with E-state index in [4.69, 9.17) is 16.2 Å². The zero-order valence-electron chi connectivity index (χ0n) is 11.7. The van der Waals surface area contributed by atoms with E-state index < -0.39 is 6.10 Å². The van der Waals surface area contributed by atoms with Gasteiger partial charge in [0.25, 0.3) is 0 Å². The van der Waals surface area contributed by atoms with Crippen LogP contribution in [0.2, 0.25) is 0 Å². The van der Waals surface area contributed by atoms with E-state index in [1.165, 1.54) is 32.1 Å². The lowest BCUT2D eigenvalue weighted by Crippen LogP contribution is -2.41. The molecule has 116 valence electrons. The molecule has 0 aromatic carbocycles. The van der Waals surface area contributed by atoms with Crippen LogP contribution in [-0.4, -0.2) is 36.7 Å². The maximum atomic E-state index is 11.0. The quantitative estimate of drug-likeness (QED) is 0.373. The minimum absolute atomic E-state index is 0. The monoisotopic (exact) mass is 396 g/mol. The third-order valence-electron chi connectivity index (χ3n) is 3.85. The molecule has 2 atom stereocenters. The summed E-state index contributed by atoms with van der Waals surface area (Å²) in [6.07, 6.45) is 7.18. The first-order valence-electron chi connectivity index (χ1n) is 7.16. The SMILES string of the molecule is I.NC(=O)C1CCC(CN=C(N)NC2CCCCC2)O1. The van der Waals surface area contributed by atoms with Crippen molar-refractivity contribution in [2.24, 2.45) is 16.5 Å². The molecule has 1 saturated heterocycles. The van der Waals surface area contributed by atoms with Crippen molar-refractivity contribution < 1.29 is 9.53 Å². The molecule has 0 spiro atoms. The van der Waals surface area contributed by atoms with Crippen molar-refractivity contribution in [1.82, 2.24) is 5.32 Å². The second-order valence-corrected chi connectivity index (χ2v) is 5.43. The van der Waals surface area contributed by atoms with E-state index in [0.717, 1.165) is 6.42 Å². The van der Waals surface area contributed by atoms with Crippen molar-refractivity contribution >= 4 is 35.8 Å². The van der Waals surface area contributed by atoms with E-state index in [9.17, 15) is 4.79 Å². The fraction of sp³-hybridized carbons (Fsp3) is 0.846. The molecule has 0 aromatic rings. The highest BCUT2D eigenvalue weighted by atomic mass is 127. The first-order chi connectivity index (χ1) is 9.15. The van der Waals surface area contributed by atoms with E-state index in [1.54, 1.807) is 0 Å². The number of carbonyl (C=O) groups is 1. The van der Waals surface area contributed by atoms with Gasteiger partial charge in [-0.1, -0.05) is 19.3 Å². The number of halogens is 1. The minimum atomic E-state index is -0.451. The topological polar surface area (TPSA) is 103 Å². The van der Waals surface area contributed by atoms with E-state index in [1.807, 2.05) is 0 Å². The van der Waals surface area contributed by atoms with Crippen LogP contribution in [0.4, 0.5) is 0 Å². The summed E-state index contributed by atoms with van der Waals surface area (Å²) in [6, 6.07) is 0.459. The van der Waals surface area contributed by atoms with Gasteiger partial charge in [-0.2, -0.15) is 0 Å². The minimum Gasteiger partial charge on any atom is -0.370 e. The zero-order valence-corrected chi connectivity index (χ0v) is 14.0. The van der Waals surface area contributed by atoms with Crippen molar-refractivity contribution in [3.05, 3.63) is 0 Å². The number of nitrogens with zero attached hydrogens (tertiary/aromatic N) is 1. The van der Waals surface area contributed by atoms with Crippen molar-refractivity contribution in [3.8, 4) is 0 Å². The molecule has 2 aliphatic rings. The normalized spacial score (nSPS) is 27.9. The Morgan fingerprint density at radius 3 is 2.45 bits per heavy atom. The number of nitrogens with two attached hydrogens (primary N) is 2. The predicted octanol–water partition coefficient (Wildman–Crippen LogP) is 0.874. The Bertz CT molecular complexity index is 345. The highest BCUT2D eigenvalue weighted by molar-refractivity contribution is 14.0. The van der Waals surface area contributed by atoms with Crippen molar-refractivity contribution in [2.75, 3.05) is 6.54 Å². The van der Waals surface area contributed by atoms with Gasteiger partial charge in [0.05, 0.1) is 12.6 Å². The molecule has 0 radical (unpaired) electrons. The van der Waals surface area contributed by atoms with Crippen LogP contribution in [0.5, 0.6) is 0 Å². The first kappa shape index (κ1) is 17.5. The van der Waals surface area contributed by atoms with Gasteiger partial charge in [-0.15, -0.1) is 24.0 Å². The number of hydrogen-bond donors (Lipinski definition) is 3. The summed E-state index contributed by atoms with van der Waals surface area (Å²) >= 11 is 0. The van der Waals surface area contributed by atoms with E-state index in [2.05, 4.69) is 10.3 Å². The van der Waals surface area contributed by atoms with E-state index in [0.29, 0.717) is 25.0 Å². The van der Waals surface area contributed by atoms with Crippen LogP contribution in [0.25, 0.3) is 0 Å². The Kier molecular flexibility index (Phi) is 7.57. The summed E-state index contributed by atoms with van der Waals surface area (Å²) < 4.78 is 5.50. The predicted molar refractivity (Wildman–Crippen MR) is 89.0 cm³/mol. The molecular formula is C13H25IN4O2. The van der Waals surface area contributed by atoms with Crippen molar-refractivity contribution in [1.29, 1.82) is 0 Å². The van der Waals surface area contributed by atoms with Gasteiger partial charge in [0.1, 0.15) is 6.10 Å². The van der Waals surface area contributed by atoms with Crippen LogP contribution in [0.1, 0.15) is 44.9 Å². The number of amides is 1. The van der Waals surface area contributed by atoms with Gasteiger partial charge in [-0.25, -0.2) is 0 Å². The zero-order chi connectivity index (χ0) is 13.7. The number of rotatable bonds is 4. The molecule has 2 rings (SSSR count). The van der Waals surface area contributed by atoms with Gasteiger partial charge < -0.3 is 21.5 Å². The van der Waals surface area contributed by atoms with Gasteiger partial charge in [0, 0.05) is 6.04 Å². The number of carbonyl (C=O) groups excluding carboxylic acids is 1. The number of hydrogen-bond acceptors (Lipinski definition) is 3. The molecule has 1 amide bonds. The highest BCUT2D eigenvalue weighted by Gasteiger charge is 2.28. The summed E-state index contributed by atoms with van der Waals surface area (Å²) in [4.78, 5) is 15.3. The molecule has 20 heavy (non-hydrogen) atoms. The molecule has 0 bridgehead atoms. The third kappa shape index (κ3) is 5.43. The summed E-state index contributed by atoms with van der Waals surface area (Å²) in [7, 11) is 0. The second-order valence-electron chi connectivity index (χ2n) is 5.43. The molecule has 1 heterocycles. The molecule has 0 aromatic heterocycles. The molecule has 7 heteroatoms. The van der Waals surface area contributed by atoms with Crippen LogP contribution in [0.15, 0.2) is 4.99 Å². The fourth-order valence-electron chi connectivity index (χ4n) is 2.75. The smallest absolute Gasteiger partial charge is 0.246 e. The van der Waals surface area contributed by atoms with Crippen LogP contribution >= 0.6 is 24.0 Å². The van der Waals surface area contributed by atoms with Crippen LogP contribution in [0.3, 0.4) is 0 Å². The average molecular weight is 396 g/mol. The average Bonchev–Trinajstić information content (AvgIpc) is 2.86. The van der Waals surface area contributed by atoms with Gasteiger partial charge in [-0.3, -0.25) is 9.79 Å². The maximum absolute atomic E-state index is 11.0. The standard InChI is InChI=1S/C13H24N4O2.HI/c14-12(18)11-7-6-10(19-11)8-16-13(15)17-9-4-2-1-3-5-9;/h9-11H,1-8H2,(H2,14,18)(H3,15,16,17);1H. The van der Waals surface area contributed by atoms with Crippen molar-refractivity contribution in [3.63, 3.8) is 0 Å². The van der Waals surface area contributed by atoms with Gasteiger partial charge in [0.15, 0.2) is 5.96 Å². The van der Waals surface area contributed by atoms with E-state index in [-0.39, 0.29) is 36.0 Å². The molecule has 1 saturated carbocycles. The van der Waals surface area contributed by atoms with E-state index >= 15 is 0 Å². The lowest BCUT2D eigenvalue weighted by atomic mass is 9.96. The number of ether oxygens (including phenoxy) is 1. The lowest BCUT2D eigenvalue weighted by molar-refractivity contribution is -0.128. The number of primary amides is 1. The van der Waals surface area contributed by atoms with Crippen molar-refractivity contribution in [2.45, 2.75) is 63.2 Å². The molecule has 2 unspecified atom stereocenters. The number of nitrogens with one attached hydrogen (secondary N) is 1. The second kappa shape index (κ2) is 8.66. The molecule has 1 aliphatic carbocycles. The third-order valence-corrected chi connectivity index (χ3v) is 3.85. The summed E-state index contributed by atoms with van der Waals surface area (Å²) in [5.41, 5.74) is 11.1. The van der Waals surface area contributed by atoms with Gasteiger partial charge in [0.2, 0.25) is 5.91 Å². The fourth-order valence-corrected chi connectivity index (χ4v) is 2.75. The Morgan fingerprint density at radius 1 is 1.15 bits per heavy atom. The Balaban J connectivity index is 0.00000200. The first-order valence-corrected chi connectivity index (χ1v) is 7.16.